The molecule has 0 aliphatic rings. The summed E-state index contributed by atoms with van der Waals surface area (Å²) in [6.45, 7) is 1.88. The van der Waals surface area contributed by atoms with Crippen LogP contribution in [0.15, 0.2) is 48.5 Å². The molecule has 3 rings (SSSR count). The van der Waals surface area contributed by atoms with E-state index in [0.29, 0.717) is 0 Å². The van der Waals surface area contributed by atoms with Gasteiger partial charge in [0.2, 0.25) is 0 Å². The number of benzene rings is 2. The van der Waals surface area contributed by atoms with Crippen LogP contribution in [0.5, 0.6) is 0 Å². The molecule has 1 N–H and O–H groups in total. The van der Waals surface area contributed by atoms with Crippen LogP contribution >= 0.6 is 0 Å². The molecule has 0 saturated carbocycles. The van der Waals surface area contributed by atoms with Gasteiger partial charge in [0.15, 0.2) is 0 Å². The molecule has 2 aromatic carbocycles. The van der Waals surface area contributed by atoms with Crippen molar-refractivity contribution in [2.24, 2.45) is 7.05 Å². The number of fused-ring (bicyclic) bond motifs is 1. The number of carbonyl (C=O) groups is 1. The van der Waals surface area contributed by atoms with Crippen LogP contribution < -0.4 is 0 Å². The molecule has 22 heavy (non-hydrogen) atoms. The summed E-state index contributed by atoms with van der Waals surface area (Å²) in [5, 5.41) is 15.6. The summed E-state index contributed by atoms with van der Waals surface area (Å²) < 4.78 is 1.79. The van der Waals surface area contributed by atoms with Gasteiger partial charge in [-0.1, -0.05) is 36.4 Å². The average Bonchev–Trinajstić information content (AvgIpc) is 2.78. The van der Waals surface area contributed by atoms with Gasteiger partial charge in [0.25, 0.3) is 0 Å². The fraction of sp³-hybridized carbons (Fsp3) is 0.111. The molecule has 0 aliphatic carbocycles. The van der Waals surface area contributed by atoms with E-state index in [2.05, 4.69) is 29.4 Å². The number of rotatable bonds is 3. The first kappa shape index (κ1) is 14.1. The van der Waals surface area contributed by atoms with Gasteiger partial charge in [0.05, 0.1) is 11.4 Å². The Bertz CT molecular complexity index is 891. The Hall–Kier alpha value is -2.88. The first-order valence-corrected chi connectivity index (χ1v) is 7.00. The number of carboxylic acid groups (broad SMARTS) is 1. The minimum absolute atomic E-state index is 0.808. The summed E-state index contributed by atoms with van der Waals surface area (Å²) in [5.74, 6) is -0.965. The van der Waals surface area contributed by atoms with Gasteiger partial charge in [-0.2, -0.15) is 5.10 Å². The van der Waals surface area contributed by atoms with Gasteiger partial charge in [0.1, 0.15) is 0 Å². The summed E-state index contributed by atoms with van der Waals surface area (Å²) in [7, 11) is 1.87. The Morgan fingerprint density at radius 2 is 1.91 bits per heavy atom. The van der Waals surface area contributed by atoms with Crippen LogP contribution in [0.4, 0.5) is 0 Å². The number of aryl methyl sites for hydroxylation is 2. The molecule has 0 amide bonds. The first-order chi connectivity index (χ1) is 10.6. The highest BCUT2D eigenvalue weighted by Gasteiger charge is 2.13. The van der Waals surface area contributed by atoms with Crippen molar-refractivity contribution in [1.82, 2.24) is 9.78 Å². The molecule has 0 saturated heterocycles. The van der Waals surface area contributed by atoms with Crippen molar-refractivity contribution in [2.45, 2.75) is 6.92 Å². The second kappa shape index (κ2) is 5.48. The van der Waals surface area contributed by atoms with Gasteiger partial charge in [-0.25, -0.2) is 4.79 Å². The van der Waals surface area contributed by atoms with Crippen molar-refractivity contribution >= 4 is 22.8 Å². The van der Waals surface area contributed by atoms with Crippen LogP contribution in [0, 0.1) is 6.92 Å². The van der Waals surface area contributed by atoms with E-state index in [1.54, 1.807) is 10.8 Å². The van der Waals surface area contributed by atoms with E-state index in [1.165, 1.54) is 5.39 Å². The summed E-state index contributed by atoms with van der Waals surface area (Å²) in [6.07, 6.45) is 2.75. The zero-order valence-electron chi connectivity index (χ0n) is 12.4. The summed E-state index contributed by atoms with van der Waals surface area (Å²) in [5.41, 5.74) is 3.58. The topological polar surface area (TPSA) is 55.1 Å². The molecule has 0 bridgehead atoms. The Balaban J connectivity index is 2.19. The predicted octanol–water partition coefficient (Wildman–Crippen LogP) is 3.65. The third-order valence-electron chi connectivity index (χ3n) is 3.68. The second-order valence-electron chi connectivity index (χ2n) is 5.20. The molecular formula is C18H16N2O2. The van der Waals surface area contributed by atoms with Crippen LogP contribution in [0.1, 0.15) is 11.3 Å². The maximum atomic E-state index is 10.8. The zero-order chi connectivity index (χ0) is 15.7. The molecule has 3 aromatic rings. The summed E-state index contributed by atoms with van der Waals surface area (Å²) >= 11 is 0. The highest BCUT2D eigenvalue weighted by molar-refractivity contribution is 5.90. The maximum Gasteiger partial charge on any atom is 0.328 e. The van der Waals surface area contributed by atoms with Crippen molar-refractivity contribution in [3.8, 4) is 11.3 Å². The lowest BCUT2D eigenvalue weighted by molar-refractivity contribution is -0.131. The van der Waals surface area contributed by atoms with E-state index < -0.39 is 5.97 Å². The third-order valence-corrected chi connectivity index (χ3v) is 3.68. The largest absolute Gasteiger partial charge is 0.478 e. The molecule has 0 aliphatic heterocycles. The molecule has 1 heterocycles. The number of aromatic nitrogens is 2. The lowest BCUT2D eigenvalue weighted by Gasteiger charge is -2.06. The lowest BCUT2D eigenvalue weighted by Crippen LogP contribution is -1.94. The Labute approximate surface area is 128 Å². The number of hydrogen-bond donors (Lipinski definition) is 1. The van der Waals surface area contributed by atoms with Crippen LogP contribution in [-0.2, 0) is 11.8 Å². The second-order valence-corrected chi connectivity index (χ2v) is 5.20. The SMILES string of the molecule is Cc1nn(C)c(-c2ccc3ccccc3c2)c1/C=C/C(=O)O. The highest BCUT2D eigenvalue weighted by Crippen LogP contribution is 2.29. The van der Waals surface area contributed by atoms with Crippen molar-refractivity contribution in [3.63, 3.8) is 0 Å². The molecule has 0 fully saturated rings. The summed E-state index contributed by atoms with van der Waals surface area (Å²) in [4.78, 5) is 10.8. The smallest absolute Gasteiger partial charge is 0.328 e. The molecule has 4 heteroatoms. The van der Waals surface area contributed by atoms with E-state index in [-0.39, 0.29) is 0 Å². The molecule has 4 nitrogen and oxygen atoms in total. The van der Waals surface area contributed by atoms with Crippen LogP contribution in [0.3, 0.4) is 0 Å². The Kier molecular flexibility index (Phi) is 3.51. The van der Waals surface area contributed by atoms with Gasteiger partial charge in [-0.3, -0.25) is 4.68 Å². The van der Waals surface area contributed by atoms with Crippen LogP contribution in [0.2, 0.25) is 0 Å². The fourth-order valence-corrected chi connectivity index (χ4v) is 2.71. The van der Waals surface area contributed by atoms with Crippen molar-refractivity contribution in [3.05, 3.63) is 59.8 Å². The number of nitrogens with zero attached hydrogens (tertiary/aromatic N) is 2. The van der Waals surface area contributed by atoms with Crippen LogP contribution in [-0.4, -0.2) is 20.9 Å². The monoisotopic (exact) mass is 292 g/mol. The Morgan fingerprint density at radius 3 is 2.64 bits per heavy atom. The first-order valence-electron chi connectivity index (χ1n) is 7.00. The fourth-order valence-electron chi connectivity index (χ4n) is 2.71. The van der Waals surface area contributed by atoms with Crippen molar-refractivity contribution in [1.29, 1.82) is 0 Å². The van der Waals surface area contributed by atoms with Gasteiger partial charge >= 0.3 is 5.97 Å². The van der Waals surface area contributed by atoms with Crippen molar-refractivity contribution < 1.29 is 9.90 Å². The number of carboxylic acids is 1. The van der Waals surface area contributed by atoms with E-state index in [4.69, 9.17) is 5.11 Å². The Morgan fingerprint density at radius 1 is 1.18 bits per heavy atom. The van der Waals surface area contributed by atoms with Gasteiger partial charge in [0, 0.05) is 24.3 Å². The third kappa shape index (κ3) is 2.51. The minimum atomic E-state index is -0.965. The van der Waals surface area contributed by atoms with Crippen molar-refractivity contribution in [2.75, 3.05) is 0 Å². The van der Waals surface area contributed by atoms with Crippen LogP contribution in [0.25, 0.3) is 28.1 Å². The zero-order valence-corrected chi connectivity index (χ0v) is 12.4. The molecule has 1 aromatic heterocycles. The quantitative estimate of drug-likeness (QED) is 0.750. The molecule has 110 valence electrons. The number of aliphatic carboxylic acids is 1. The average molecular weight is 292 g/mol. The molecular weight excluding hydrogens is 276 g/mol. The minimum Gasteiger partial charge on any atom is -0.478 e. The highest BCUT2D eigenvalue weighted by atomic mass is 16.4. The predicted molar refractivity (Wildman–Crippen MR) is 87.6 cm³/mol. The molecule has 0 atom stereocenters. The summed E-state index contributed by atoms with van der Waals surface area (Å²) in [6, 6.07) is 14.4. The van der Waals surface area contributed by atoms with E-state index in [0.717, 1.165) is 34.0 Å². The molecule has 0 spiro atoms. The van der Waals surface area contributed by atoms with Gasteiger partial charge in [-0.15, -0.1) is 0 Å². The van der Waals surface area contributed by atoms with E-state index >= 15 is 0 Å². The molecule has 0 unspecified atom stereocenters. The van der Waals surface area contributed by atoms with E-state index in [9.17, 15) is 4.79 Å². The lowest BCUT2D eigenvalue weighted by atomic mass is 10.0. The molecule has 0 radical (unpaired) electrons. The standard InChI is InChI=1S/C18H16N2O2/c1-12-16(9-10-17(21)22)18(20(2)19-12)15-8-7-13-5-3-4-6-14(13)11-15/h3-11H,1-2H3,(H,21,22)/b10-9+. The van der Waals surface area contributed by atoms with Gasteiger partial charge < -0.3 is 5.11 Å². The van der Waals surface area contributed by atoms with E-state index in [1.807, 2.05) is 32.2 Å². The normalized spacial score (nSPS) is 11.4. The maximum absolute atomic E-state index is 10.8. The number of hydrogen-bond acceptors (Lipinski definition) is 2. The van der Waals surface area contributed by atoms with Gasteiger partial charge in [-0.05, 0) is 29.8 Å².